The van der Waals surface area contributed by atoms with Crippen molar-refractivity contribution in [3.63, 3.8) is 0 Å². The van der Waals surface area contributed by atoms with E-state index in [1.165, 1.54) is 0 Å². The molecule has 20 heavy (non-hydrogen) atoms. The van der Waals surface area contributed by atoms with Gasteiger partial charge in [0.05, 0.1) is 25.2 Å². The first-order valence-corrected chi connectivity index (χ1v) is 9.83. The second-order valence-electron chi connectivity index (χ2n) is 6.37. The van der Waals surface area contributed by atoms with Gasteiger partial charge in [-0.1, -0.05) is 25.9 Å². The quantitative estimate of drug-likeness (QED) is 0.235. The van der Waals surface area contributed by atoms with Gasteiger partial charge in [0.15, 0.2) is 8.32 Å². The topological polar surface area (TPSA) is 84.3 Å². The maximum absolute atomic E-state index is 11.9. The normalized spacial score (nSPS) is 15.2. The third-order valence-electron chi connectivity index (χ3n) is 3.79. The first-order valence-electron chi connectivity index (χ1n) is 6.92. The lowest BCUT2D eigenvalue weighted by Crippen LogP contribution is -2.47. The molecule has 0 aliphatic rings. The largest absolute Gasteiger partial charge is 0.466 e. The summed E-state index contributed by atoms with van der Waals surface area (Å²) in [5.74, 6) is -0.765. The Kier molecular flexibility index (Phi) is 7.26. The first-order chi connectivity index (χ1) is 9.06. The Morgan fingerprint density at radius 2 is 1.95 bits per heavy atom. The molecule has 6 nitrogen and oxygen atoms in total. The van der Waals surface area contributed by atoms with Crippen LogP contribution in [0.2, 0.25) is 18.1 Å². The minimum Gasteiger partial charge on any atom is -0.466 e. The van der Waals surface area contributed by atoms with Gasteiger partial charge in [-0.05, 0) is 37.5 Å². The van der Waals surface area contributed by atoms with Crippen LogP contribution in [0.15, 0.2) is 5.11 Å². The van der Waals surface area contributed by atoms with Crippen molar-refractivity contribution in [1.29, 1.82) is 0 Å². The molecule has 2 atom stereocenters. The summed E-state index contributed by atoms with van der Waals surface area (Å²) in [4.78, 5) is 14.6. The second kappa shape index (κ2) is 7.66. The molecule has 0 rings (SSSR count). The summed E-state index contributed by atoms with van der Waals surface area (Å²) in [6.07, 6.45) is -0.439. The molecule has 0 aliphatic carbocycles. The minimum atomic E-state index is -2.04. The minimum absolute atomic E-state index is 0.0238. The zero-order valence-corrected chi connectivity index (χ0v) is 14.6. The summed E-state index contributed by atoms with van der Waals surface area (Å²) >= 11 is 0. The van der Waals surface area contributed by atoms with E-state index in [1.807, 2.05) is 0 Å². The Labute approximate surface area is 122 Å². The van der Waals surface area contributed by atoms with Gasteiger partial charge in [-0.2, -0.15) is 0 Å². The van der Waals surface area contributed by atoms with Crippen molar-refractivity contribution in [3.05, 3.63) is 10.4 Å². The predicted molar refractivity (Wildman–Crippen MR) is 81.9 cm³/mol. The number of ether oxygens (including phenoxy) is 1. The summed E-state index contributed by atoms with van der Waals surface area (Å²) in [5, 5.41) is 3.60. The van der Waals surface area contributed by atoms with E-state index in [9.17, 15) is 4.79 Å². The van der Waals surface area contributed by atoms with Crippen molar-refractivity contribution in [3.8, 4) is 0 Å². The van der Waals surface area contributed by atoms with Crippen LogP contribution in [0, 0.1) is 5.92 Å². The van der Waals surface area contributed by atoms with Gasteiger partial charge in [0, 0.05) is 4.91 Å². The first kappa shape index (κ1) is 19.0. The molecule has 0 aromatic carbocycles. The Bertz CT molecular complexity index is 374. The van der Waals surface area contributed by atoms with Crippen LogP contribution in [0.1, 0.15) is 34.6 Å². The number of azide groups is 1. The highest BCUT2D eigenvalue weighted by atomic mass is 28.4. The summed E-state index contributed by atoms with van der Waals surface area (Å²) in [6, 6.07) is 0. The second-order valence-corrected chi connectivity index (χ2v) is 11.1. The van der Waals surface area contributed by atoms with Crippen molar-refractivity contribution < 1.29 is 14.0 Å². The van der Waals surface area contributed by atoms with E-state index in [4.69, 9.17) is 14.7 Å². The molecule has 0 aromatic rings. The molecule has 0 saturated heterocycles. The average molecular weight is 301 g/mol. The van der Waals surface area contributed by atoms with Crippen LogP contribution in [0.4, 0.5) is 0 Å². The van der Waals surface area contributed by atoms with E-state index in [2.05, 4.69) is 43.9 Å². The van der Waals surface area contributed by atoms with Gasteiger partial charge < -0.3 is 9.16 Å². The molecule has 0 spiro atoms. The van der Waals surface area contributed by atoms with Gasteiger partial charge in [-0.3, -0.25) is 4.79 Å². The number of carbonyl (C=O) groups excluding carboxylic acids is 1. The molecule has 0 fully saturated rings. The fraction of sp³-hybridized carbons (Fsp3) is 0.923. The number of esters is 1. The summed E-state index contributed by atoms with van der Waals surface area (Å²) < 4.78 is 11.2. The van der Waals surface area contributed by atoms with Gasteiger partial charge in [-0.15, -0.1) is 0 Å². The Balaban J connectivity index is 5.07. The highest BCUT2D eigenvalue weighted by Crippen LogP contribution is 2.38. The number of nitrogens with zero attached hydrogens (tertiary/aromatic N) is 3. The van der Waals surface area contributed by atoms with Gasteiger partial charge >= 0.3 is 5.97 Å². The summed E-state index contributed by atoms with van der Waals surface area (Å²) in [5.41, 5.74) is 8.50. The molecule has 0 saturated carbocycles. The smallest absolute Gasteiger partial charge is 0.311 e. The van der Waals surface area contributed by atoms with Crippen LogP contribution in [0.5, 0.6) is 0 Å². The maximum Gasteiger partial charge on any atom is 0.311 e. The lowest BCUT2D eigenvalue weighted by molar-refractivity contribution is -0.150. The highest BCUT2D eigenvalue weighted by Gasteiger charge is 2.41. The number of carbonyl (C=O) groups is 1. The lowest BCUT2D eigenvalue weighted by Gasteiger charge is -2.40. The molecule has 116 valence electrons. The van der Waals surface area contributed by atoms with Crippen LogP contribution in [0.25, 0.3) is 10.4 Å². The van der Waals surface area contributed by atoms with Gasteiger partial charge in [-0.25, -0.2) is 0 Å². The maximum atomic E-state index is 11.9. The molecule has 0 aliphatic heterocycles. The van der Waals surface area contributed by atoms with Crippen molar-refractivity contribution in [1.82, 2.24) is 0 Å². The predicted octanol–water partition coefficient (Wildman–Crippen LogP) is 3.89. The van der Waals surface area contributed by atoms with E-state index < -0.39 is 20.3 Å². The molecule has 0 radical (unpaired) electrons. The Hall–Kier alpha value is -1.04. The van der Waals surface area contributed by atoms with Crippen molar-refractivity contribution in [2.45, 2.75) is 58.9 Å². The van der Waals surface area contributed by atoms with E-state index in [1.54, 1.807) is 13.8 Å². The third-order valence-corrected chi connectivity index (χ3v) is 8.30. The molecule has 0 N–H and O–H groups in total. The van der Waals surface area contributed by atoms with Crippen molar-refractivity contribution in [2.24, 2.45) is 11.0 Å². The van der Waals surface area contributed by atoms with Crippen molar-refractivity contribution in [2.75, 3.05) is 13.2 Å². The van der Waals surface area contributed by atoms with Crippen LogP contribution in [-0.2, 0) is 14.0 Å². The van der Waals surface area contributed by atoms with E-state index in [0.717, 1.165) is 0 Å². The van der Waals surface area contributed by atoms with Crippen LogP contribution in [0.3, 0.4) is 0 Å². The van der Waals surface area contributed by atoms with Crippen LogP contribution < -0.4 is 0 Å². The summed E-state index contributed by atoms with van der Waals surface area (Å²) in [6.45, 7) is 14.6. The van der Waals surface area contributed by atoms with Crippen LogP contribution in [-0.4, -0.2) is 33.5 Å². The highest BCUT2D eigenvalue weighted by molar-refractivity contribution is 6.74. The lowest BCUT2D eigenvalue weighted by atomic mass is 10.1. The van der Waals surface area contributed by atoms with E-state index >= 15 is 0 Å². The molecule has 0 heterocycles. The van der Waals surface area contributed by atoms with E-state index in [0.29, 0.717) is 6.61 Å². The molecular formula is C13H27N3O3Si. The Morgan fingerprint density at radius 3 is 2.35 bits per heavy atom. The monoisotopic (exact) mass is 301 g/mol. The summed E-state index contributed by atoms with van der Waals surface area (Å²) in [7, 11) is -2.04. The van der Waals surface area contributed by atoms with Gasteiger partial charge in [0.2, 0.25) is 0 Å². The zero-order chi connectivity index (χ0) is 16.0. The zero-order valence-electron chi connectivity index (χ0n) is 13.6. The third kappa shape index (κ3) is 5.52. The fourth-order valence-electron chi connectivity index (χ4n) is 1.40. The molecule has 0 bridgehead atoms. The fourth-order valence-corrected chi connectivity index (χ4v) is 2.78. The van der Waals surface area contributed by atoms with Crippen molar-refractivity contribution >= 4 is 14.3 Å². The standard InChI is InChI=1S/C13H27N3O3Si/c1-8-18-12(17)10(2)11(9-15-16-14)19-20(6,7)13(3,4)5/h10-11H,8-9H2,1-7H3/t10-,11-/m0/s1. The number of hydrogen-bond acceptors (Lipinski definition) is 4. The number of hydrogen-bond donors (Lipinski definition) is 0. The van der Waals surface area contributed by atoms with E-state index in [-0.39, 0.29) is 17.6 Å². The van der Waals surface area contributed by atoms with Gasteiger partial charge in [0.1, 0.15) is 0 Å². The van der Waals surface area contributed by atoms with Crippen LogP contribution >= 0.6 is 0 Å². The molecule has 0 aromatic heterocycles. The number of rotatable bonds is 7. The molecular weight excluding hydrogens is 274 g/mol. The molecule has 7 heteroatoms. The van der Waals surface area contributed by atoms with Gasteiger partial charge in [0.25, 0.3) is 0 Å². The Morgan fingerprint density at radius 1 is 1.40 bits per heavy atom. The molecule has 0 amide bonds. The SMILES string of the molecule is CCOC(=O)[C@@H](C)[C@H](CN=[N+]=[N-])O[Si](C)(C)C(C)(C)C. The molecule has 0 unspecified atom stereocenters. The average Bonchev–Trinajstić information content (AvgIpc) is 2.32.